The van der Waals surface area contributed by atoms with Crippen molar-refractivity contribution in [1.29, 1.82) is 0 Å². The molecule has 1 saturated carbocycles. The number of amides is 5. The number of hydrogen-bond donors (Lipinski definition) is 1. The van der Waals surface area contributed by atoms with Crippen molar-refractivity contribution in [3.8, 4) is 17.6 Å². The molecule has 1 N–H and O–H groups in total. The maximum absolute atomic E-state index is 13.8. The van der Waals surface area contributed by atoms with Gasteiger partial charge in [-0.1, -0.05) is 57.2 Å². The summed E-state index contributed by atoms with van der Waals surface area (Å²) in [7, 11) is 0. The Morgan fingerprint density at radius 1 is 0.932 bits per heavy atom. The lowest BCUT2D eigenvalue weighted by atomic mass is 9.49. The van der Waals surface area contributed by atoms with Crippen LogP contribution in [0.15, 0.2) is 42.6 Å². The van der Waals surface area contributed by atoms with Crippen LogP contribution in [0.3, 0.4) is 0 Å². The lowest BCUT2D eigenvalue weighted by Crippen LogP contribution is -2.74. The maximum atomic E-state index is 13.8. The van der Waals surface area contributed by atoms with Gasteiger partial charge in [0.15, 0.2) is 11.4 Å². The van der Waals surface area contributed by atoms with Crippen molar-refractivity contribution in [3.05, 3.63) is 87.1 Å². The highest BCUT2D eigenvalue weighted by Crippen LogP contribution is 2.59. The van der Waals surface area contributed by atoms with E-state index < -0.39 is 29.7 Å². The number of nitrogens with zero attached hydrogens (tertiary/aromatic N) is 7. The summed E-state index contributed by atoms with van der Waals surface area (Å²) in [6.45, 7) is 19.6. The van der Waals surface area contributed by atoms with Crippen molar-refractivity contribution < 1.29 is 28.7 Å². The minimum Gasteiger partial charge on any atom is -0.489 e. The van der Waals surface area contributed by atoms with Gasteiger partial charge in [-0.25, -0.2) is 14.8 Å². The van der Waals surface area contributed by atoms with E-state index in [-0.39, 0.29) is 59.0 Å². The third-order valence-corrected chi connectivity index (χ3v) is 13.4. The fourth-order valence-electron chi connectivity index (χ4n) is 10.5. The highest BCUT2D eigenvalue weighted by atomic mass is 35.5. The predicted molar refractivity (Wildman–Crippen MR) is 216 cm³/mol. The summed E-state index contributed by atoms with van der Waals surface area (Å²) < 4.78 is 6.48. The molecular formula is C44H43ClN8O6. The van der Waals surface area contributed by atoms with Gasteiger partial charge in [-0.3, -0.25) is 39.1 Å². The topological polar surface area (TPSA) is 150 Å². The summed E-state index contributed by atoms with van der Waals surface area (Å²) in [5.74, 6) is 5.88. The van der Waals surface area contributed by atoms with Gasteiger partial charge in [-0.05, 0) is 68.2 Å². The van der Waals surface area contributed by atoms with E-state index in [2.05, 4.69) is 70.6 Å². The molecule has 59 heavy (non-hydrogen) atoms. The number of likely N-dealkylation sites (tertiary alicyclic amines) is 1. The summed E-state index contributed by atoms with van der Waals surface area (Å²) in [6, 6.07) is 10.2. The Kier molecular flexibility index (Phi) is 9.29. The number of carbonyl (C=O) groups is 5. The van der Waals surface area contributed by atoms with Crippen molar-refractivity contribution >= 4 is 52.6 Å². The van der Waals surface area contributed by atoms with Gasteiger partial charge in [-0.2, -0.15) is 0 Å². The molecule has 1 atom stereocenters. The van der Waals surface area contributed by atoms with Crippen molar-refractivity contribution in [1.82, 2.24) is 30.0 Å². The smallest absolute Gasteiger partial charge is 0.282 e. The van der Waals surface area contributed by atoms with Gasteiger partial charge >= 0.3 is 0 Å². The zero-order chi connectivity index (χ0) is 41.5. The second-order valence-corrected chi connectivity index (χ2v) is 18.0. The van der Waals surface area contributed by atoms with Crippen LogP contribution in [-0.4, -0.2) is 105 Å². The fourth-order valence-corrected chi connectivity index (χ4v) is 10.7. The first-order valence-corrected chi connectivity index (χ1v) is 20.4. The number of benzene rings is 2. The standard InChI is InChI=1S/C44H43ClN8O6/c1-43(2)41(44(3,4)42(43)59-28-9-11-31(46-5)30(45)19-28)52-21-26-18-25(8-10-29(26)38(52)56)7-6-24-14-16-50(17-15-24)27-22-51(23-27)33-20-47-35-36(48-33)40(58)53(39(35)57)32-12-13-34(54)49-37(32)55/h8-11,18-20,24,27,32,41-42H,12-17,21-23H2,1-4H3,(H,49,54,55). The first-order valence-electron chi connectivity index (χ1n) is 20.0. The number of rotatable bonds is 6. The van der Waals surface area contributed by atoms with Crippen LogP contribution in [0, 0.1) is 35.2 Å². The van der Waals surface area contributed by atoms with Gasteiger partial charge in [0, 0.05) is 66.0 Å². The average molecular weight is 815 g/mol. The first-order chi connectivity index (χ1) is 28.1. The molecule has 1 unspecified atom stereocenters. The van der Waals surface area contributed by atoms with Gasteiger partial charge < -0.3 is 14.5 Å². The number of imide groups is 2. The number of anilines is 1. The number of aromatic nitrogens is 2. The van der Waals surface area contributed by atoms with Crippen molar-refractivity contribution in [3.63, 3.8) is 0 Å². The summed E-state index contributed by atoms with van der Waals surface area (Å²) in [6.07, 6.45) is 3.33. The summed E-state index contributed by atoms with van der Waals surface area (Å²) in [5.41, 5.74) is 2.16. The van der Waals surface area contributed by atoms with Crippen LogP contribution in [0.5, 0.6) is 5.75 Å². The van der Waals surface area contributed by atoms with Crippen LogP contribution < -0.4 is 15.0 Å². The molecule has 3 saturated heterocycles. The van der Waals surface area contributed by atoms with Gasteiger partial charge in [0.2, 0.25) is 17.5 Å². The molecule has 0 bridgehead atoms. The molecule has 5 amide bonds. The number of halogens is 1. The van der Waals surface area contributed by atoms with E-state index in [1.807, 2.05) is 21.9 Å². The van der Waals surface area contributed by atoms with E-state index in [0.29, 0.717) is 48.0 Å². The molecule has 6 heterocycles. The molecule has 6 aliphatic rings. The van der Waals surface area contributed by atoms with Gasteiger partial charge in [-0.15, -0.1) is 0 Å². The van der Waals surface area contributed by atoms with Crippen LogP contribution in [0.25, 0.3) is 4.85 Å². The Hall–Kier alpha value is -5.83. The third-order valence-electron chi connectivity index (χ3n) is 13.1. The molecule has 5 aliphatic heterocycles. The normalized spacial score (nSPS) is 25.1. The SMILES string of the molecule is [C-]#[N+]c1ccc(OC2C(C)(C)C(N3Cc4cc(C#CC5CCN(C6CN(c7cnc8c(n7)C(=O)N(C7CCC(=O)NC7=O)C8=O)C6)CC5)ccc4C3=O)C2(C)C)cc1Cl. The van der Waals surface area contributed by atoms with E-state index >= 15 is 0 Å². The number of ether oxygens (including phenoxy) is 1. The Morgan fingerprint density at radius 2 is 1.66 bits per heavy atom. The molecule has 15 heteroatoms. The van der Waals surface area contributed by atoms with Crippen molar-refractivity contribution in [2.75, 3.05) is 31.1 Å². The summed E-state index contributed by atoms with van der Waals surface area (Å²) in [5, 5.41) is 2.56. The molecule has 3 aromatic rings. The van der Waals surface area contributed by atoms with E-state index in [1.54, 1.807) is 18.2 Å². The maximum Gasteiger partial charge on any atom is 0.282 e. The molecule has 9 rings (SSSR count). The van der Waals surface area contributed by atoms with Crippen LogP contribution in [-0.2, 0) is 16.1 Å². The second kappa shape index (κ2) is 14.2. The zero-order valence-electron chi connectivity index (χ0n) is 33.3. The number of piperidine rings is 2. The second-order valence-electron chi connectivity index (χ2n) is 17.6. The molecule has 0 spiro atoms. The van der Waals surface area contributed by atoms with Gasteiger partial charge in [0.25, 0.3) is 17.7 Å². The molecule has 14 nitrogen and oxygen atoms in total. The lowest BCUT2D eigenvalue weighted by Gasteiger charge is -2.65. The zero-order valence-corrected chi connectivity index (χ0v) is 34.0. The molecule has 4 fully saturated rings. The third kappa shape index (κ3) is 6.41. The Bertz CT molecular complexity index is 2440. The van der Waals surface area contributed by atoms with Crippen LogP contribution in [0.1, 0.15) is 95.8 Å². The van der Waals surface area contributed by atoms with Crippen molar-refractivity contribution in [2.24, 2.45) is 16.7 Å². The Labute approximate surface area is 347 Å². The lowest BCUT2D eigenvalue weighted by molar-refractivity contribution is -0.199. The summed E-state index contributed by atoms with van der Waals surface area (Å²) >= 11 is 6.30. The van der Waals surface area contributed by atoms with Gasteiger partial charge in [0.1, 0.15) is 23.7 Å². The molecular weight excluding hydrogens is 772 g/mol. The summed E-state index contributed by atoms with van der Waals surface area (Å²) in [4.78, 5) is 83.6. The van der Waals surface area contributed by atoms with Crippen LogP contribution >= 0.6 is 11.6 Å². The number of fused-ring (bicyclic) bond motifs is 2. The monoisotopic (exact) mass is 814 g/mol. The van der Waals surface area contributed by atoms with Crippen LogP contribution in [0.4, 0.5) is 11.5 Å². The van der Waals surface area contributed by atoms with Crippen molar-refractivity contribution in [2.45, 2.75) is 84.2 Å². The Morgan fingerprint density at radius 3 is 2.36 bits per heavy atom. The van der Waals surface area contributed by atoms with E-state index in [4.69, 9.17) is 22.9 Å². The van der Waals surface area contributed by atoms with E-state index in [9.17, 15) is 24.0 Å². The molecule has 302 valence electrons. The first kappa shape index (κ1) is 38.7. The van der Waals surface area contributed by atoms with Crippen LogP contribution in [0.2, 0.25) is 5.02 Å². The van der Waals surface area contributed by atoms with E-state index in [1.165, 1.54) is 6.20 Å². The Balaban J connectivity index is 0.777. The molecule has 1 aromatic heterocycles. The largest absolute Gasteiger partial charge is 0.489 e. The number of nitrogens with one attached hydrogen (secondary N) is 1. The number of hydrogen-bond acceptors (Lipinski definition) is 10. The molecule has 0 radical (unpaired) electrons. The number of carbonyl (C=O) groups excluding carboxylic acids is 5. The highest BCUT2D eigenvalue weighted by molar-refractivity contribution is 6.33. The molecule has 2 aromatic carbocycles. The van der Waals surface area contributed by atoms with Gasteiger partial charge in [0.05, 0.1) is 17.8 Å². The average Bonchev–Trinajstić information content (AvgIpc) is 3.62. The fraction of sp³-hybridized carbons (Fsp3) is 0.455. The quantitative estimate of drug-likeness (QED) is 0.208. The minimum absolute atomic E-state index is 0.0266. The predicted octanol–water partition coefficient (Wildman–Crippen LogP) is 4.87. The molecule has 1 aliphatic carbocycles. The minimum atomic E-state index is -1.06. The van der Waals surface area contributed by atoms with E-state index in [0.717, 1.165) is 47.5 Å². The highest BCUT2D eigenvalue weighted by Gasteiger charge is 2.67.